The quantitative estimate of drug-likeness (QED) is 0.829. The van der Waals surface area contributed by atoms with Gasteiger partial charge in [-0.15, -0.1) is 12.4 Å². The highest BCUT2D eigenvalue weighted by molar-refractivity contribution is 5.85. The molecule has 0 radical (unpaired) electrons. The topological polar surface area (TPSA) is 44.5 Å². The van der Waals surface area contributed by atoms with Crippen molar-refractivity contribution in [1.29, 1.82) is 0 Å². The summed E-state index contributed by atoms with van der Waals surface area (Å²) in [5.74, 6) is 0. The van der Waals surface area contributed by atoms with Gasteiger partial charge in [0.15, 0.2) is 6.29 Å². The molecule has 3 nitrogen and oxygen atoms in total. The molecule has 0 bridgehead atoms. The average molecular weight is 246 g/mol. The van der Waals surface area contributed by atoms with E-state index in [9.17, 15) is 0 Å². The van der Waals surface area contributed by atoms with Crippen molar-refractivity contribution >= 4 is 12.4 Å². The van der Waals surface area contributed by atoms with Crippen LogP contribution in [0.25, 0.3) is 0 Å². The molecule has 16 heavy (non-hydrogen) atoms. The first-order valence-electron chi connectivity index (χ1n) is 4.98. The molecular weight excluding hydrogens is 226 g/mol. The molecule has 0 amide bonds. The molecule has 0 fully saturated rings. The molecule has 0 aliphatic rings. The van der Waals surface area contributed by atoms with Crippen LogP contribution in [0.1, 0.15) is 22.7 Å². The summed E-state index contributed by atoms with van der Waals surface area (Å²) in [7, 11) is 3.19. The van der Waals surface area contributed by atoms with E-state index in [1.807, 2.05) is 0 Å². The molecule has 1 unspecified atom stereocenters. The fourth-order valence-electron chi connectivity index (χ4n) is 1.75. The van der Waals surface area contributed by atoms with Gasteiger partial charge in [0.1, 0.15) is 0 Å². The number of benzene rings is 1. The van der Waals surface area contributed by atoms with Gasteiger partial charge in [-0.05, 0) is 19.4 Å². The zero-order chi connectivity index (χ0) is 11.4. The number of hydrogen-bond donors (Lipinski definition) is 1. The summed E-state index contributed by atoms with van der Waals surface area (Å²) in [5.41, 5.74) is 9.49. The van der Waals surface area contributed by atoms with Gasteiger partial charge in [-0.3, -0.25) is 0 Å². The largest absolute Gasteiger partial charge is 0.354 e. The predicted molar refractivity (Wildman–Crippen MR) is 67.9 cm³/mol. The Balaban J connectivity index is 0.00000225. The molecule has 0 saturated heterocycles. The predicted octanol–water partition coefficient (Wildman–Crippen LogP) is 2.34. The van der Waals surface area contributed by atoms with Crippen LogP contribution in [0.4, 0.5) is 0 Å². The lowest BCUT2D eigenvalue weighted by molar-refractivity contribution is -0.117. The summed E-state index contributed by atoms with van der Waals surface area (Å²) in [4.78, 5) is 0. The molecular formula is C12H20ClNO2. The molecule has 0 spiro atoms. The Morgan fingerprint density at radius 2 is 1.44 bits per heavy atom. The molecule has 1 atom stereocenters. The van der Waals surface area contributed by atoms with E-state index in [0.29, 0.717) is 0 Å². The number of halogens is 1. The van der Waals surface area contributed by atoms with E-state index in [1.54, 1.807) is 14.2 Å². The van der Waals surface area contributed by atoms with Crippen molar-refractivity contribution in [2.45, 2.75) is 26.2 Å². The van der Waals surface area contributed by atoms with Gasteiger partial charge in [0.25, 0.3) is 0 Å². The smallest absolute Gasteiger partial charge is 0.175 e. The standard InChI is InChI=1S/C12H19NO2.ClH/c1-8-5-9(2)7-10(6-8)11(13)12(14-3)15-4;/h5-7,11-12H,13H2,1-4H3;1H. The number of hydrogen-bond acceptors (Lipinski definition) is 3. The van der Waals surface area contributed by atoms with Gasteiger partial charge in [-0.1, -0.05) is 29.3 Å². The third kappa shape index (κ3) is 3.76. The first-order valence-corrected chi connectivity index (χ1v) is 4.98. The van der Waals surface area contributed by atoms with Crippen molar-refractivity contribution in [2.75, 3.05) is 14.2 Å². The number of aryl methyl sites for hydroxylation is 2. The van der Waals surface area contributed by atoms with E-state index in [1.165, 1.54) is 11.1 Å². The summed E-state index contributed by atoms with van der Waals surface area (Å²) >= 11 is 0. The number of ether oxygens (including phenoxy) is 2. The van der Waals surface area contributed by atoms with Gasteiger partial charge in [-0.25, -0.2) is 0 Å². The summed E-state index contributed by atoms with van der Waals surface area (Å²) in [5, 5.41) is 0. The molecule has 1 aromatic carbocycles. The highest BCUT2D eigenvalue weighted by Gasteiger charge is 2.18. The van der Waals surface area contributed by atoms with E-state index in [0.717, 1.165) is 5.56 Å². The van der Waals surface area contributed by atoms with Crippen LogP contribution in [0.5, 0.6) is 0 Å². The van der Waals surface area contributed by atoms with E-state index in [4.69, 9.17) is 15.2 Å². The molecule has 4 heteroatoms. The van der Waals surface area contributed by atoms with Crippen molar-refractivity contribution in [3.8, 4) is 0 Å². The van der Waals surface area contributed by atoms with Crippen molar-refractivity contribution < 1.29 is 9.47 Å². The van der Waals surface area contributed by atoms with E-state index < -0.39 is 6.29 Å². The molecule has 0 aromatic heterocycles. The van der Waals surface area contributed by atoms with Crippen molar-refractivity contribution in [3.63, 3.8) is 0 Å². The first-order chi connectivity index (χ1) is 7.08. The van der Waals surface area contributed by atoms with Gasteiger partial charge >= 0.3 is 0 Å². The molecule has 1 rings (SSSR count). The zero-order valence-corrected chi connectivity index (χ0v) is 11.0. The highest BCUT2D eigenvalue weighted by atomic mass is 35.5. The molecule has 92 valence electrons. The third-order valence-corrected chi connectivity index (χ3v) is 2.39. The summed E-state index contributed by atoms with van der Waals surface area (Å²) < 4.78 is 10.3. The minimum Gasteiger partial charge on any atom is -0.354 e. The molecule has 0 saturated carbocycles. The minimum absolute atomic E-state index is 0. The maximum atomic E-state index is 6.05. The Bertz CT molecular complexity index is 307. The second kappa shape index (κ2) is 6.86. The fraction of sp³-hybridized carbons (Fsp3) is 0.500. The van der Waals surface area contributed by atoms with Crippen LogP contribution in [0.3, 0.4) is 0 Å². The van der Waals surface area contributed by atoms with E-state index >= 15 is 0 Å². The van der Waals surface area contributed by atoms with E-state index in [2.05, 4.69) is 32.0 Å². The zero-order valence-electron chi connectivity index (χ0n) is 10.2. The van der Waals surface area contributed by atoms with Crippen LogP contribution < -0.4 is 5.73 Å². The monoisotopic (exact) mass is 245 g/mol. The van der Waals surface area contributed by atoms with Crippen molar-refractivity contribution in [1.82, 2.24) is 0 Å². The number of methoxy groups -OCH3 is 2. The second-order valence-corrected chi connectivity index (χ2v) is 3.79. The van der Waals surface area contributed by atoms with Crippen LogP contribution >= 0.6 is 12.4 Å². The number of nitrogens with two attached hydrogens (primary N) is 1. The summed E-state index contributed by atoms with van der Waals surface area (Å²) in [6.07, 6.45) is -0.397. The molecule has 2 N–H and O–H groups in total. The molecule has 0 aliphatic heterocycles. The lowest BCUT2D eigenvalue weighted by atomic mass is 10.0. The van der Waals surface area contributed by atoms with Crippen molar-refractivity contribution in [2.24, 2.45) is 5.73 Å². The number of rotatable bonds is 4. The van der Waals surface area contributed by atoms with Crippen LogP contribution in [-0.2, 0) is 9.47 Å². The maximum Gasteiger partial charge on any atom is 0.175 e. The Hall–Kier alpha value is -0.610. The highest BCUT2D eigenvalue weighted by Crippen LogP contribution is 2.19. The van der Waals surface area contributed by atoms with Gasteiger partial charge < -0.3 is 15.2 Å². The fourth-order valence-corrected chi connectivity index (χ4v) is 1.75. The summed E-state index contributed by atoms with van der Waals surface area (Å²) in [6.45, 7) is 4.11. The second-order valence-electron chi connectivity index (χ2n) is 3.79. The van der Waals surface area contributed by atoms with Gasteiger partial charge in [0.05, 0.1) is 6.04 Å². The average Bonchev–Trinajstić information content (AvgIpc) is 2.18. The minimum atomic E-state index is -0.397. The van der Waals surface area contributed by atoms with Gasteiger partial charge in [0, 0.05) is 14.2 Å². The Kier molecular flexibility index (Phi) is 6.60. The Morgan fingerprint density at radius 3 is 1.81 bits per heavy atom. The molecule has 1 aromatic rings. The normalized spacial score (nSPS) is 12.4. The van der Waals surface area contributed by atoms with Gasteiger partial charge in [-0.2, -0.15) is 0 Å². The maximum absolute atomic E-state index is 6.05. The van der Waals surface area contributed by atoms with Crippen LogP contribution in [0.2, 0.25) is 0 Å². The first kappa shape index (κ1) is 15.4. The van der Waals surface area contributed by atoms with Crippen molar-refractivity contribution in [3.05, 3.63) is 34.9 Å². The SMILES string of the molecule is COC(OC)C(N)c1cc(C)cc(C)c1.Cl. The molecule has 0 aliphatic carbocycles. The van der Waals surface area contributed by atoms with Crippen LogP contribution in [0, 0.1) is 13.8 Å². The Labute approximate surface area is 103 Å². The lowest BCUT2D eigenvalue weighted by Crippen LogP contribution is -2.29. The van der Waals surface area contributed by atoms with Crippen LogP contribution in [0.15, 0.2) is 18.2 Å². The summed E-state index contributed by atoms with van der Waals surface area (Å²) in [6, 6.07) is 5.98. The van der Waals surface area contributed by atoms with Crippen LogP contribution in [-0.4, -0.2) is 20.5 Å². The van der Waals surface area contributed by atoms with Gasteiger partial charge in [0.2, 0.25) is 0 Å². The molecule has 0 heterocycles. The lowest BCUT2D eigenvalue weighted by Gasteiger charge is -2.21. The third-order valence-electron chi connectivity index (χ3n) is 2.39. The van der Waals surface area contributed by atoms with E-state index in [-0.39, 0.29) is 18.4 Å². The Morgan fingerprint density at radius 1 is 1.00 bits per heavy atom.